The molecule has 0 bridgehead atoms. The van der Waals surface area contributed by atoms with Crippen molar-refractivity contribution in [2.24, 2.45) is 0 Å². The van der Waals surface area contributed by atoms with E-state index in [-0.39, 0.29) is 31.1 Å². The number of hydrogen-bond donors (Lipinski definition) is 1. The molecule has 1 aromatic carbocycles. The molecule has 25 heavy (non-hydrogen) atoms. The zero-order valence-electron chi connectivity index (χ0n) is 13.7. The van der Waals surface area contributed by atoms with Crippen LogP contribution < -0.4 is 5.32 Å². The molecule has 0 aliphatic heterocycles. The van der Waals surface area contributed by atoms with Gasteiger partial charge in [-0.15, -0.1) is 11.3 Å². The van der Waals surface area contributed by atoms with E-state index in [9.17, 15) is 14.4 Å². The molecule has 5 nitrogen and oxygen atoms in total. The van der Waals surface area contributed by atoms with Crippen LogP contribution in [0.25, 0.3) is 0 Å². The minimum Gasteiger partial charge on any atom is -0.456 e. The monoisotopic (exact) mass is 357 g/mol. The fourth-order valence-corrected chi connectivity index (χ4v) is 3.54. The Morgan fingerprint density at radius 1 is 1.08 bits per heavy atom. The second-order valence-corrected chi connectivity index (χ2v) is 6.89. The van der Waals surface area contributed by atoms with Crippen molar-refractivity contribution in [2.45, 2.75) is 32.1 Å². The van der Waals surface area contributed by atoms with Gasteiger partial charge < -0.3 is 10.1 Å². The lowest BCUT2D eigenvalue weighted by atomic mass is 10.1. The van der Waals surface area contributed by atoms with Gasteiger partial charge in [-0.05, 0) is 54.0 Å². The average molecular weight is 357 g/mol. The molecular weight excluding hydrogens is 338 g/mol. The average Bonchev–Trinajstić information content (AvgIpc) is 3.28. The van der Waals surface area contributed by atoms with Crippen molar-refractivity contribution in [1.82, 2.24) is 0 Å². The van der Waals surface area contributed by atoms with E-state index in [2.05, 4.69) is 5.32 Å². The Morgan fingerprint density at radius 3 is 2.72 bits per heavy atom. The first-order chi connectivity index (χ1) is 12.1. The minimum atomic E-state index is -0.547. The number of ether oxygens (including phenoxy) is 1. The molecule has 1 aromatic heterocycles. The van der Waals surface area contributed by atoms with Crippen LogP contribution in [-0.4, -0.2) is 24.3 Å². The molecule has 130 valence electrons. The van der Waals surface area contributed by atoms with Crippen molar-refractivity contribution in [3.63, 3.8) is 0 Å². The summed E-state index contributed by atoms with van der Waals surface area (Å²) >= 11 is 1.34. The number of Topliss-reactive ketones (excluding diaryl/α,β-unsaturated/α-hetero) is 1. The van der Waals surface area contributed by atoms with Crippen LogP contribution in [-0.2, 0) is 27.2 Å². The third-order valence-corrected chi connectivity index (χ3v) is 5.01. The van der Waals surface area contributed by atoms with E-state index in [1.807, 2.05) is 23.6 Å². The van der Waals surface area contributed by atoms with E-state index in [0.29, 0.717) is 4.88 Å². The summed E-state index contributed by atoms with van der Waals surface area (Å²) in [5.74, 6) is -1.01. The summed E-state index contributed by atoms with van der Waals surface area (Å²) in [6.45, 7) is -0.344. The highest BCUT2D eigenvalue weighted by molar-refractivity contribution is 7.12. The predicted molar refractivity (Wildman–Crippen MR) is 95.9 cm³/mol. The fourth-order valence-electron chi connectivity index (χ4n) is 2.84. The maximum atomic E-state index is 11.9. The lowest BCUT2D eigenvalue weighted by Crippen LogP contribution is -2.21. The van der Waals surface area contributed by atoms with Gasteiger partial charge in [0.05, 0.1) is 11.3 Å². The number of carbonyl (C=O) groups excluding carboxylic acids is 3. The number of fused-ring (bicyclic) bond motifs is 1. The van der Waals surface area contributed by atoms with Crippen molar-refractivity contribution < 1.29 is 19.1 Å². The first-order valence-electron chi connectivity index (χ1n) is 8.26. The largest absolute Gasteiger partial charge is 0.456 e. The SMILES string of the molecule is O=C(COC(=O)CCC(=O)c1cccs1)Nc1ccc2c(c1)CCC2. The molecule has 0 radical (unpaired) electrons. The zero-order chi connectivity index (χ0) is 17.6. The Kier molecular flexibility index (Phi) is 5.60. The molecule has 0 saturated carbocycles. The van der Waals surface area contributed by atoms with Gasteiger partial charge >= 0.3 is 5.97 Å². The smallest absolute Gasteiger partial charge is 0.306 e. The number of hydrogen-bond acceptors (Lipinski definition) is 5. The molecule has 1 heterocycles. The molecule has 3 rings (SSSR count). The summed E-state index contributed by atoms with van der Waals surface area (Å²) in [5.41, 5.74) is 3.32. The second kappa shape index (κ2) is 8.07. The van der Waals surface area contributed by atoms with Crippen LogP contribution in [0.15, 0.2) is 35.7 Å². The van der Waals surface area contributed by atoms with Gasteiger partial charge in [-0.1, -0.05) is 12.1 Å². The van der Waals surface area contributed by atoms with Crippen molar-refractivity contribution >= 4 is 34.7 Å². The number of ketones is 1. The Morgan fingerprint density at radius 2 is 1.92 bits per heavy atom. The van der Waals surface area contributed by atoms with Crippen molar-refractivity contribution in [3.8, 4) is 0 Å². The van der Waals surface area contributed by atoms with E-state index >= 15 is 0 Å². The van der Waals surface area contributed by atoms with Crippen molar-refractivity contribution in [1.29, 1.82) is 0 Å². The molecule has 1 aliphatic rings. The van der Waals surface area contributed by atoms with E-state index in [0.717, 1.165) is 24.9 Å². The quantitative estimate of drug-likeness (QED) is 0.609. The van der Waals surface area contributed by atoms with Crippen LogP contribution >= 0.6 is 11.3 Å². The second-order valence-electron chi connectivity index (χ2n) is 5.95. The molecule has 2 aromatic rings. The highest BCUT2D eigenvalue weighted by atomic mass is 32.1. The van der Waals surface area contributed by atoms with Gasteiger partial charge in [-0.2, -0.15) is 0 Å². The van der Waals surface area contributed by atoms with Crippen LogP contribution in [0.4, 0.5) is 5.69 Å². The third-order valence-electron chi connectivity index (χ3n) is 4.10. The summed E-state index contributed by atoms with van der Waals surface area (Å²) < 4.78 is 4.94. The number of rotatable bonds is 7. The Balaban J connectivity index is 1.39. The van der Waals surface area contributed by atoms with Gasteiger partial charge in [0.25, 0.3) is 5.91 Å². The maximum Gasteiger partial charge on any atom is 0.306 e. The first-order valence-corrected chi connectivity index (χ1v) is 9.14. The topological polar surface area (TPSA) is 72.5 Å². The maximum absolute atomic E-state index is 11.9. The van der Waals surface area contributed by atoms with E-state index in [4.69, 9.17) is 4.74 Å². The molecule has 0 spiro atoms. The van der Waals surface area contributed by atoms with Crippen molar-refractivity contribution in [2.75, 3.05) is 11.9 Å². The summed E-state index contributed by atoms with van der Waals surface area (Å²) in [6, 6.07) is 9.38. The van der Waals surface area contributed by atoms with Crippen LogP contribution in [0.5, 0.6) is 0 Å². The number of anilines is 1. The molecule has 0 atom stereocenters. The molecule has 0 unspecified atom stereocenters. The molecule has 6 heteroatoms. The first kappa shape index (κ1) is 17.4. The summed E-state index contributed by atoms with van der Waals surface area (Å²) in [7, 11) is 0. The molecule has 1 N–H and O–H groups in total. The molecular formula is C19H19NO4S. The number of thiophene rings is 1. The van der Waals surface area contributed by atoms with Crippen LogP contribution in [0, 0.1) is 0 Å². The van der Waals surface area contributed by atoms with Gasteiger partial charge in [0.15, 0.2) is 12.4 Å². The number of benzene rings is 1. The lowest BCUT2D eigenvalue weighted by molar-refractivity contribution is -0.147. The normalized spacial score (nSPS) is 12.5. The summed E-state index contributed by atoms with van der Waals surface area (Å²) in [5, 5.41) is 4.55. The van der Waals surface area contributed by atoms with Gasteiger partial charge in [0.2, 0.25) is 0 Å². The Bertz CT molecular complexity index is 783. The van der Waals surface area contributed by atoms with Gasteiger partial charge in [0.1, 0.15) is 0 Å². The molecule has 1 amide bonds. The zero-order valence-corrected chi connectivity index (χ0v) is 14.6. The number of carbonyl (C=O) groups is 3. The highest BCUT2D eigenvalue weighted by Crippen LogP contribution is 2.24. The number of esters is 1. The van der Waals surface area contributed by atoms with Crippen LogP contribution in [0.1, 0.15) is 40.1 Å². The van der Waals surface area contributed by atoms with E-state index in [1.54, 1.807) is 12.1 Å². The van der Waals surface area contributed by atoms with Crippen LogP contribution in [0.2, 0.25) is 0 Å². The fraction of sp³-hybridized carbons (Fsp3) is 0.316. The molecule has 0 saturated heterocycles. The van der Waals surface area contributed by atoms with Gasteiger partial charge in [-0.25, -0.2) is 0 Å². The number of nitrogens with one attached hydrogen (secondary N) is 1. The Labute approximate surface area is 150 Å². The molecule has 0 fully saturated rings. The predicted octanol–water partition coefficient (Wildman–Crippen LogP) is 3.38. The highest BCUT2D eigenvalue weighted by Gasteiger charge is 2.14. The number of amides is 1. The van der Waals surface area contributed by atoms with Gasteiger partial charge in [-0.3, -0.25) is 14.4 Å². The lowest BCUT2D eigenvalue weighted by Gasteiger charge is -2.08. The van der Waals surface area contributed by atoms with E-state index in [1.165, 1.54) is 22.5 Å². The van der Waals surface area contributed by atoms with Crippen molar-refractivity contribution in [3.05, 3.63) is 51.7 Å². The third kappa shape index (κ3) is 4.76. The summed E-state index contributed by atoms with van der Waals surface area (Å²) in [6.07, 6.45) is 3.33. The standard InChI is InChI=1S/C19H19NO4S/c21-16(17-5-2-10-25-17)8-9-19(23)24-12-18(22)20-15-7-6-13-3-1-4-14(13)11-15/h2,5-7,10-11H,1,3-4,8-9,12H2,(H,20,22). The van der Waals surface area contributed by atoms with E-state index < -0.39 is 5.97 Å². The Hall–Kier alpha value is -2.47. The summed E-state index contributed by atoms with van der Waals surface area (Å²) in [4.78, 5) is 36.0. The minimum absolute atomic E-state index is 0.0249. The van der Waals surface area contributed by atoms with Crippen LogP contribution in [0.3, 0.4) is 0 Å². The number of aryl methyl sites for hydroxylation is 2. The van der Waals surface area contributed by atoms with Gasteiger partial charge in [0, 0.05) is 12.1 Å². The molecule has 1 aliphatic carbocycles.